The molecule has 0 unspecified atom stereocenters. The molecule has 0 bridgehead atoms. The Kier molecular flexibility index (Phi) is 5.71. The predicted molar refractivity (Wildman–Crippen MR) is 72.2 cm³/mol. The summed E-state index contributed by atoms with van der Waals surface area (Å²) in [5.41, 5.74) is 1.06. The maximum absolute atomic E-state index is 11.2. The number of thioether (sulfide) groups is 1. The third kappa shape index (κ3) is 4.41. The van der Waals surface area contributed by atoms with Gasteiger partial charge in [-0.2, -0.15) is 0 Å². The van der Waals surface area contributed by atoms with E-state index >= 15 is 0 Å². The zero-order chi connectivity index (χ0) is 13.5. The summed E-state index contributed by atoms with van der Waals surface area (Å²) < 4.78 is 0. The van der Waals surface area contributed by atoms with Crippen molar-refractivity contribution in [1.29, 1.82) is 0 Å². The highest BCUT2D eigenvalue weighted by atomic mass is 32.2. The van der Waals surface area contributed by atoms with Crippen molar-refractivity contribution in [2.24, 2.45) is 0 Å². The molecule has 18 heavy (non-hydrogen) atoms. The summed E-state index contributed by atoms with van der Waals surface area (Å²) in [6.45, 7) is 4.29. The molecule has 98 valence electrons. The zero-order valence-corrected chi connectivity index (χ0v) is 11.3. The lowest BCUT2D eigenvalue weighted by Crippen LogP contribution is -2.22. The van der Waals surface area contributed by atoms with E-state index < -0.39 is 5.97 Å². The molecule has 0 aliphatic heterocycles. The first-order valence-corrected chi connectivity index (χ1v) is 6.76. The maximum Gasteiger partial charge on any atom is 0.335 e. The first-order chi connectivity index (χ1) is 8.54. The van der Waals surface area contributed by atoms with Crippen LogP contribution in [-0.4, -0.2) is 29.3 Å². The van der Waals surface area contributed by atoms with Crippen molar-refractivity contribution in [3.8, 4) is 0 Å². The summed E-state index contributed by atoms with van der Waals surface area (Å²) in [5, 5.41) is 11.7. The minimum atomic E-state index is -0.918. The summed E-state index contributed by atoms with van der Waals surface area (Å²) in [4.78, 5) is 23.1. The van der Waals surface area contributed by atoms with Gasteiger partial charge in [-0.05, 0) is 31.5 Å². The van der Waals surface area contributed by atoms with Crippen LogP contribution in [0.2, 0.25) is 0 Å². The molecular weight excluding hydrogens is 250 g/mol. The molecule has 0 saturated carbocycles. The van der Waals surface area contributed by atoms with Crippen LogP contribution in [0.5, 0.6) is 0 Å². The number of benzene rings is 1. The molecule has 0 spiro atoms. The van der Waals surface area contributed by atoms with Gasteiger partial charge in [0.15, 0.2) is 0 Å². The van der Waals surface area contributed by atoms with Crippen LogP contribution in [0, 0.1) is 6.92 Å². The lowest BCUT2D eigenvalue weighted by Gasteiger charge is -2.05. The Bertz CT molecular complexity index is 446. The number of nitrogens with one attached hydrogen (secondary N) is 1. The third-order valence-electron chi connectivity index (χ3n) is 2.41. The lowest BCUT2D eigenvalue weighted by atomic mass is 10.1. The Morgan fingerprint density at radius 1 is 1.39 bits per heavy atom. The van der Waals surface area contributed by atoms with Crippen LogP contribution in [0.4, 0.5) is 0 Å². The number of carboxylic acid groups (broad SMARTS) is 1. The van der Waals surface area contributed by atoms with Gasteiger partial charge in [-0.15, -0.1) is 11.8 Å². The monoisotopic (exact) mass is 267 g/mol. The second-order valence-electron chi connectivity index (χ2n) is 3.83. The number of hydrogen-bond acceptors (Lipinski definition) is 3. The van der Waals surface area contributed by atoms with Crippen molar-refractivity contribution in [1.82, 2.24) is 5.32 Å². The molecule has 0 fully saturated rings. The van der Waals surface area contributed by atoms with E-state index in [-0.39, 0.29) is 5.91 Å². The highest BCUT2D eigenvalue weighted by Crippen LogP contribution is 2.22. The number of aryl methyl sites for hydroxylation is 1. The highest BCUT2D eigenvalue weighted by molar-refractivity contribution is 7.99. The van der Waals surface area contributed by atoms with Crippen molar-refractivity contribution in [2.75, 3.05) is 12.3 Å². The third-order valence-corrected chi connectivity index (χ3v) is 3.41. The van der Waals surface area contributed by atoms with Gasteiger partial charge in [0, 0.05) is 23.6 Å². The quantitative estimate of drug-likeness (QED) is 0.776. The van der Waals surface area contributed by atoms with Crippen LogP contribution < -0.4 is 5.32 Å². The van der Waals surface area contributed by atoms with Gasteiger partial charge in [-0.25, -0.2) is 4.79 Å². The molecular formula is C13H17NO3S. The van der Waals surface area contributed by atoms with Crippen molar-refractivity contribution in [2.45, 2.75) is 25.2 Å². The van der Waals surface area contributed by atoms with Gasteiger partial charge in [0.1, 0.15) is 0 Å². The van der Waals surface area contributed by atoms with Gasteiger partial charge in [0.2, 0.25) is 5.91 Å². The van der Waals surface area contributed by atoms with Gasteiger partial charge in [0.25, 0.3) is 0 Å². The Morgan fingerprint density at radius 2 is 2.11 bits per heavy atom. The van der Waals surface area contributed by atoms with Gasteiger partial charge < -0.3 is 10.4 Å². The van der Waals surface area contributed by atoms with E-state index in [9.17, 15) is 9.59 Å². The smallest absolute Gasteiger partial charge is 0.335 e. The zero-order valence-electron chi connectivity index (χ0n) is 10.5. The van der Waals surface area contributed by atoms with E-state index in [1.807, 2.05) is 13.0 Å². The van der Waals surface area contributed by atoms with Crippen LogP contribution in [0.1, 0.15) is 29.3 Å². The van der Waals surface area contributed by atoms with Gasteiger partial charge >= 0.3 is 5.97 Å². The maximum atomic E-state index is 11.2. The van der Waals surface area contributed by atoms with Gasteiger partial charge in [-0.3, -0.25) is 4.79 Å². The second kappa shape index (κ2) is 7.06. The van der Waals surface area contributed by atoms with Crippen molar-refractivity contribution in [3.05, 3.63) is 29.3 Å². The van der Waals surface area contributed by atoms with Crippen molar-refractivity contribution in [3.63, 3.8) is 0 Å². The first-order valence-electron chi connectivity index (χ1n) is 5.78. The normalized spacial score (nSPS) is 10.1. The number of hydrogen-bond donors (Lipinski definition) is 2. The van der Waals surface area contributed by atoms with Crippen LogP contribution >= 0.6 is 11.8 Å². The molecule has 0 saturated heterocycles. The number of carboxylic acids is 1. The number of carbonyl (C=O) groups is 2. The first kappa shape index (κ1) is 14.6. The number of carbonyl (C=O) groups excluding carboxylic acids is 1. The molecule has 1 amide bonds. The minimum Gasteiger partial charge on any atom is -0.478 e. The van der Waals surface area contributed by atoms with E-state index in [0.29, 0.717) is 24.3 Å². The molecule has 1 aromatic rings. The van der Waals surface area contributed by atoms with E-state index in [4.69, 9.17) is 5.11 Å². The van der Waals surface area contributed by atoms with E-state index in [2.05, 4.69) is 5.32 Å². The van der Waals surface area contributed by atoms with E-state index in [1.165, 1.54) is 11.8 Å². The summed E-state index contributed by atoms with van der Waals surface area (Å²) >= 11 is 1.49. The predicted octanol–water partition coefficient (Wildman–Crippen LogP) is 2.31. The standard InChI is InChI=1S/C13H17NO3S/c1-3-14-12(15)6-7-18-10-5-4-9(2)11(8-10)13(16)17/h4-5,8H,3,6-7H2,1-2H3,(H,14,15)(H,16,17). The molecule has 2 N–H and O–H groups in total. The molecule has 1 rings (SSSR count). The number of aromatic carboxylic acids is 1. The second-order valence-corrected chi connectivity index (χ2v) is 5.00. The largest absolute Gasteiger partial charge is 0.478 e. The molecule has 0 aliphatic carbocycles. The molecule has 1 aromatic carbocycles. The minimum absolute atomic E-state index is 0.0237. The fourth-order valence-corrected chi connectivity index (χ4v) is 2.36. The van der Waals surface area contributed by atoms with Crippen LogP contribution in [-0.2, 0) is 4.79 Å². The van der Waals surface area contributed by atoms with Gasteiger partial charge in [-0.1, -0.05) is 6.07 Å². The van der Waals surface area contributed by atoms with Crippen molar-refractivity contribution >= 4 is 23.6 Å². The Morgan fingerprint density at radius 3 is 2.72 bits per heavy atom. The van der Waals surface area contributed by atoms with Gasteiger partial charge in [0.05, 0.1) is 5.56 Å². The molecule has 4 nitrogen and oxygen atoms in total. The summed E-state index contributed by atoms with van der Waals surface area (Å²) in [6, 6.07) is 5.32. The van der Waals surface area contributed by atoms with E-state index in [1.54, 1.807) is 19.1 Å². The molecule has 0 radical (unpaired) electrons. The Balaban J connectivity index is 2.55. The van der Waals surface area contributed by atoms with Crippen LogP contribution in [0.25, 0.3) is 0 Å². The van der Waals surface area contributed by atoms with E-state index in [0.717, 1.165) is 10.5 Å². The summed E-state index contributed by atoms with van der Waals surface area (Å²) in [5.74, 6) is -0.247. The molecule has 5 heteroatoms. The molecule has 0 heterocycles. The Labute approximate surface area is 111 Å². The fourth-order valence-electron chi connectivity index (χ4n) is 1.47. The lowest BCUT2D eigenvalue weighted by molar-refractivity contribution is -0.120. The fraction of sp³-hybridized carbons (Fsp3) is 0.385. The number of rotatable bonds is 6. The summed E-state index contributed by atoms with van der Waals surface area (Å²) in [7, 11) is 0. The SMILES string of the molecule is CCNC(=O)CCSc1ccc(C)c(C(=O)O)c1. The van der Waals surface area contributed by atoms with Crippen molar-refractivity contribution < 1.29 is 14.7 Å². The van der Waals surface area contributed by atoms with Crippen LogP contribution in [0.3, 0.4) is 0 Å². The number of amides is 1. The average Bonchev–Trinajstić information content (AvgIpc) is 2.31. The highest BCUT2D eigenvalue weighted by Gasteiger charge is 2.08. The summed E-state index contributed by atoms with van der Waals surface area (Å²) in [6.07, 6.45) is 0.439. The molecule has 0 atom stereocenters. The van der Waals surface area contributed by atoms with Crippen LogP contribution in [0.15, 0.2) is 23.1 Å². The topological polar surface area (TPSA) is 66.4 Å². The molecule has 0 aromatic heterocycles. The molecule has 0 aliphatic rings. The average molecular weight is 267 g/mol. The Hall–Kier alpha value is -1.49.